The normalized spacial score (nSPS) is 14.2. The molecular weight excluding hydrogens is 190 g/mol. The third-order valence-electron chi connectivity index (χ3n) is 2.82. The van der Waals surface area contributed by atoms with Gasteiger partial charge in [0.1, 0.15) is 6.61 Å². The van der Waals surface area contributed by atoms with Crippen LogP contribution in [0.2, 0.25) is 0 Å². The highest BCUT2D eigenvalue weighted by molar-refractivity contribution is 5.84. The molecule has 15 heavy (non-hydrogen) atoms. The fourth-order valence-corrected chi connectivity index (χ4v) is 2.15. The van der Waals surface area contributed by atoms with Crippen LogP contribution in [0, 0.1) is 0 Å². The molecule has 78 valence electrons. The molecule has 4 nitrogen and oxygen atoms in total. The van der Waals surface area contributed by atoms with Crippen molar-refractivity contribution in [2.75, 3.05) is 13.2 Å². The van der Waals surface area contributed by atoms with Gasteiger partial charge in [0.2, 0.25) is 0 Å². The monoisotopic (exact) mass is 203 g/mol. The standard InChI is InChI=1S/C11H13N3O/c12-3-1-9-8-7-11-14(5-6-15-11)10(8)2-4-13-9/h2,4,7H,1,3,5-6,12H2. The molecule has 0 atom stereocenters. The summed E-state index contributed by atoms with van der Waals surface area (Å²) in [7, 11) is 0. The number of pyridine rings is 1. The molecule has 3 heterocycles. The Morgan fingerprint density at radius 2 is 2.47 bits per heavy atom. The van der Waals surface area contributed by atoms with Crippen LogP contribution in [-0.2, 0) is 13.0 Å². The number of nitrogens with zero attached hydrogens (tertiary/aromatic N) is 2. The molecule has 0 bridgehead atoms. The van der Waals surface area contributed by atoms with Gasteiger partial charge in [0.25, 0.3) is 0 Å². The summed E-state index contributed by atoms with van der Waals surface area (Å²) in [5, 5.41) is 1.18. The molecule has 0 saturated heterocycles. The summed E-state index contributed by atoms with van der Waals surface area (Å²) in [6.45, 7) is 2.35. The van der Waals surface area contributed by atoms with Crippen molar-refractivity contribution in [1.29, 1.82) is 0 Å². The van der Waals surface area contributed by atoms with Crippen LogP contribution in [-0.4, -0.2) is 22.7 Å². The van der Waals surface area contributed by atoms with Gasteiger partial charge in [0.15, 0.2) is 5.88 Å². The summed E-state index contributed by atoms with van der Waals surface area (Å²) in [5.74, 6) is 0.955. The first-order valence-electron chi connectivity index (χ1n) is 5.20. The fraction of sp³-hybridized carbons (Fsp3) is 0.364. The number of rotatable bonds is 2. The summed E-state index contributed by atoms with van der Waals surface area (Å²) in [4.78, 5) is 4.36. The van der Waals surface area contributed by atoms with Crippen molar-refractivity contribution < 1.29 is 4.74 Å². The Labute approximate surface area is 87.7 Å². The van der Waals surface area contributed by atoms with E-state index in [1.54, 1.807) is 0 Å². The van der Waals surface area contributed by atoms with Crippen LogP contribution in [0.25, 0.3) is 10.9 Å². The predicted molar refractivity (Wildman–Crippen MR) is 58.0 cm³/mol. The third kappa shape index (κ3) is 1.22. The number of fused-ring (bicyclic) bond motifs is 3. The van der Waals surface area contributed by atoms with E-state index in [1.165, 1.54) is 10.9 Å². The van der Waals surface area contributed by atoms with Crippen molar-refractivity contribution in [3.63, 3.8) is 0 Å². The Hall–Kier alpha value is -1.55. The van der Waals surface area contributed by atoms with Crippen molar-refractivity contribution in [3.05, 3.63) is 24.0 Å². The summed E-state index contributed by atoms with van der Waals surface area (Å²) >= 11 is 0. The van der Waals surface area contributed by atoms with Gasteiger partial charge < -0.3 is 15.0 Å². The average Bonchev–Trinajstić information content (AvgIpc) is 2.79. The Kier molecular flexibility index (Phi) is 1.89. The number of hydrogen-bond acceptors (Lipinski definition) is 3. The molecule has 0 amide bonds. The maximum atomic E-state index is 5.56. The second-order valence-electron chi connectivity index (χ2n) is 3.71. The summed E-state index contributed by atoms with van der Waals surface area (Å²) < 4.78 is 7.71. The lowest BCUT2D eigenvalue weighted by atomic mass is 10.2. The van der Waals surface area contributed by atoms with E-state index in [2.05, 4.69) is 15.6 Å². The van der Waals surface area contributed by atoms with E-state index in [1.807, 2.05) is 12.3 Å². The molecule has 1 aliphatic heterocycles. The minimum atomic E-state index is 0.632. The van der Waals surface area contributed by atoms with Gasteiger partial charge in [-0.05, 0) is 12.6 Å². The van der Waals surface area contributed by atoms with Crippen molar-refractivity contribution >= 4 is 10.9 Å². The van der Waals surface area contributed by atoms with E-state index in [4.69, 9.17) is 10.5 Å². The zero-order valence-corrected chi connectivity index (χ0v) is 8.44. The van der Waals surface area contributed by atoms with Gasteiger partial charge in [0, 0.05) is 24.1 Å². The molecule has 3 rings (SSSR count). The van der Waals surface area contributed by atoms with E-state index in [0.29, 0.717) is 6.54 Å². The summed E-state index contributed by atoms with van der Waals surface area (Å²) in [5.41, 5.74) is 7.84. The predicted octanol–water partition coefficient (Wildman–Crippen LogP) is 0.930. The molecule has 4 heteroatoms. The fourth-order valence-electron chi connectivity index (χ4n) is 2.15. The average molecular weight is 203 g/mol. The highest BCUT2D eigenvalue weighted by Crippen LogP contribution is 2.30. The molecule has 2 aromatic heterocycles. The summed E-state index contributed by atoms with van der Waals surface area (Å²) in [6, 6.07) is 4.11. The van der Waals surface area contributed by atoms with E-state index >= 15 is 0 Å². The topological polar surface area (TPSA) is 53.1 Å². The molecule has 0 aliphatic carbocycles. The molecule has 0 unspecified atom stereocenters. The molecular formula is C11H13N3O. The van der Waals surface area contributed by atoms with Gasteiger partial charge >= 0.3 is 0 Å². The molecule has 0 aromatic carbocycles. The lowest BCUT2D eigenvalue weighted by molar-refractivity contribution is 0.357. The van der Waals surface area contributed by atoms with Gasteiger partial charge in [-0.3, -0.25) is 4.98 Å². The largest absolute Gasteiger partial charge is 0.477 e. The Balaban J connectivity index is 2.23. The maximum absolute atomic E-state index is 5.56. The smallest absolute Gasteiger partial charge is 0.194 e. The number of nitrogens with two attached hydrogens (primary N) is 1. The highest BCUT2D eigenvalue weighted by atomic mass is 16.5. The molecule has 0 saturated carbocycles. The SMILES string of the molecule is NCCc1nccc2c1cc1n2CCO1. The third-order valence-corrected chi connectivity index (χ3v) is 2.82. The van der Waals surface area contributed by atoms with Crippen LogP contribution >= 0.6 is 0 Å². The van der Waals surface area contributed by atoms with Crippen LogP contribution in [0.4, 0.5) is 0 Å². The van der Waals surface area contributed by atoms with Gasteiger partial charge in [-0.15, -0.1) is 0 Å². The Bertz CT molecular complexity index is 504. The van der Waals surface area contributed by atoms with Crippen LogP contribution < -0.4 is 10.5 Å². The molecule has 2 N–H and O–H groups in total. The zero-order chi connectivity index (χ0) is 10.3. The lowest BCUT2D eigenvalue weighted by Gasteiger charge is -2.01. The lowest BCUT2D eigenvalue weighted by Crippen LogP contribution is -2.05. The van der Waals surface area contributed by atoms with Crippen LogP contribution in [0.15, 0.2) is 18.3 Å². The van der Waals surface area contributed by atoms with Gasteiger partial charge in [0.05, 0.1) is 17.8 Å². The van der Waals surface area contributed by atoms with Gasteiger partial charge in [-0.25, -0.2) is 0 Å². The van der Waals surface area contributed by atoms with Crippen molar-refractivity contribution in [3.8, 4) is 5.88 Å². The first-order chi connectivity index (χ1) is 7.40. The second kappa shape index (κ2) is 3.24. The van der Waals surface area contributed by atoms with Gasteiger partial charge in [-0.1, -0.05) is 0 Å². The zero-order valence-electron chi connectivity index (χ0n) is 8.44. The number of aromatic nitrogens is 2. The van der Waals surface area contributed by atoms with Crippen molar-refractivity contribution in [2.45, 2.75) is 13.0 Å². The van der Waals surface area contributed by atoms with Crippen LogP contribution in [0.5, 0.6) is 5.88 Å². The Morgan fingerprint density at radius 3 is 3.33 bits per heavy atom. The van der Waals surface area contributed by atoms with Crippen molar-refractivity contribution in [1.82, 2.24) is 9.55 Å². The molecule has 1 aliphatic rings. The minimum absolute atomic E-state index is 0.632. The molecule has 0 radical (unpaired) electrons. The van der Waals surface area contributed by atoms with E-state index in [0.717, 1.165) is 31.1 Å². The van der Waals surface area contributed by atoms with Crippen LogP contribution in [0.1, 0.15) is 5.69 Å². The first-order valence-corrected chi connectivity index (χ1v) is 5.20. The van der Waals surface area contributed by atoms with Crippen LogP contribution in [0.3, 0.4) is 0 Å². The Morgan fingerprint density at radius 1 is 1.53 bits per heavy atom. The number of hydrogen-bond donors (Lipinski definition) is 1. The number of ether oxygens (including phenoxy) is 1. The molecule has 2 aromatic rings. The van der Waals surface area contributed by atoms with Crippen molar-refractivity contribution in [2.24, 2.45) is 5.73 Å². The second-order valence-corrected chi connectivity index (χ2v) is 3.71. The molecule has 0 fully saturated rings. The first kappa shape index (κ1) is 8.73. The van der Waals surface area contributed by atoms with E-state index in [9.17, 15) is 0 Å². The summed E-state index contributed by atoms with van der Waals surface area (Å²) in [6.07, 6.45) is 2.67. The van der Waals surface area contributed by atoms with E-state index < -0.39 is 0 Å². The van der Waals surface area contributed by atoms with Gasteiger partial charge in [-0.2, -0.15) is 0 Å². The highest BCUT2D eigenvalue weighted by Gasteiger charge is 2.17. The van der Waals surface area contributed by atoms with E-state index in [-0.39, 0.29) is 0 Å². The minimum Gasteiger partial charge on any atom is -0.477 e. The maximum Gasteiger partial charge on any atom is 0.194 e. The quantitative estimate of drug-likeness (QED) is 0.790. The molecule has 0 spiro atoms.